The van der Waals surface area contributed by atoms with E-state index < -0.39 is 0 Å². The number of unbranched alkanes of at least 4 members (excludes halogenated alkanes) is 2. The Labute approximate surface area is 171 Å². The van der Waals surface area contributed by atoms with Gasteiger partial charge in [-0.15, -0.1) is 0 Å². The predicted molar refractivity (Wildman–Crippen MR) is 117 cm³/mol. The van der Waals surface area contributed by atoms with Crippen LogP contribution in [0.25, 0.3) is 0 Å². The molecule has 0 aliphatic rings. The fourth-order valence-electron chi connectivity index (χ4n) is 2.44. The quantitative estimate of drug-likeness (QED) is 0.337. The maximum Gasteiger partial charge on any atom is 0.261 e. The van der Waals surface area contributed by atoms with Gasteiger partial charge in [-0.25, -0.2) is 0 Å². The summed E-state index contributed by atoms with van der Waals surface area (Å²) in [6, 6.07) is 14.4. The molecule has 0 spiro atoms. The zero-order valence-electron chi connectivity index (χ0n) is 16.1. The Hall–Kier alpha value is -2.86. The smallest absolute Gasteiger partial charge is 0.261 e. The highest BCUT2D eigenvalue weighted by Gasteiger charge is 2.13. The summed E-state index contributed by atoms with van der Waals surface area (Å²) in [5.74, 6) is 0.978. The minimum atomic E-state index is -0.311. The molecule has 2 N–H and O–H groups in total. The number of amides is 1. The van der Waals surface area contributed by atoms with E-state index in [1.807, 2.05) is 30.3 Å². The number of anilines is 1. The van der Waals surface area contributed by atoms with Gasteiger partial charge in [0.25, 0.3) is 5.91 Å². The molecule has 0 aromatic heterocycles. The molecular weight excluding hydrogens is 372 g/mol. The zero-order valence-corrected chi connectivity index (χ0v) is 16.9. The summed E-state index contributed by atoms with van der Waals surface area (Å²) in [5.41, 5.74) is 1.21. The number of hydrogen-bond acceptors (Lipinski definition) is 4. The average Bonchev–Trinajstić information content (AvgIpc) is 2.71. The van der Waals surface area contributed by atoms with E-state index in [2.05, 4.69) is 24.1 Å². The first kappa shape index (κ1) is 21.4. The van der Waals surface area contributed by atoms with Crippen LogP contribution >= 0.6 is 12.2 Å². The maximum atomic E-state index is 12.6. The van der Waals surface area contributed by atoms with Crippen molar-refractivity contribution >= 4 is 28.9 Å². The molecule has 2 rings (SSSR count). The Morgan fingerprint density at radius 3 is 2.57 bits per heavy atom. The maximum absolute atomic E-state index is 12.6. The Kier molecular flexibility index (Phi) is 9.01. The zero-order chi connectivity index (χ0) is 20.2. The average molecular weight is 399 g/mol. The third-order valence-electron chi connectivity index (χ3n) is 3.84. The van der Waals surface area contributed by atoms with Crippen LogP contribution < -0.4 is 20.1 Å². The lowest BCUT2D eigenvalue weighted by Crippen LogP contribution is -2.34. The van der Waals surface area contributed by atoms with Gasteiger partial charge >= 0.3 is 0 Å². The van der Waals surface area contributed by atoms with Crippen molar-refractivity contribution in [3.8, 4) is 11.5 Å². The molecule has 0 fully saturated rings. The topological polar surface area (TPSA) is 59.6 Å². The molecule has 148 valence electrons. The van der Waals surface area contributed by atoms with Gasteiger partial charge in [-0.2, -0.15) is 0 Å². The summed E-state index contributed by atoms with van der Waals surface area (Å²) >= 11 is 5.25. The van der Waals surface area contributed by atoms with E-state index in [1.165, 1.54) is 0 Å². The van der Waals surface area contributed by atoms with Gasteiger partial charge in [0.05, 0.1) is 12.2 Å². The number of thiocarbonyl (C=S) groups is 1. The number of carbonyl (C=O) groups is 1. The summed E-state index contributed by atoms with van der Waals surface area (Å²) in [6.45, 7) is 6.78. The molecule has 6 heteroatoms. The van der Waals surface area contributed by atoms with Crippen LogP contribution in [0.1, 0.15) is 36.5 Å². The second kappa shape index (κ2) is 11.8. The van der Waals surface area contributed by atoms with Crippen molar-refractivity contribution in [3.05, 3.63) is 66.7 Å². The number of rotatable bonds is 10. The minimum absolute atomic E-state index is 0.213. The van der Waals surface area contributed by atoms with Crippen molar-refractivity contribution in [2.24, 2.45) is 0 Å². The highest BCUT2D eigenvalue weighted by Crippen LogP contribution is 2.19. The van der Waals surface area contributed by atoms with E-state index in [4.69, 9.17) is 21.7 Å². The van der Waals surface area contributed by atoms with Crippen molar-refractivity contribution in [1.29, 1.82) is 0 Å². The number of para-hydroxylation sites is 1. The van der Waals surface area contributed by atoms with Crippen LogP contribution in [-0.4, -0.2) is 24.2 Å². The highest BCUT2D eigenvalue weighted by molar-refractivity contribution is 7.80. The highest BCUT2D eigenvalue weighted by atomic mass is 32.1. The van der Waals surface area contributed by atoms with Crippen LogP contribution in [0.4, 0.5) is 5.69 Å². The van der Waals surface area contributed by atoms with Crippen LogP contribution in [-0.2, 0) is 0 Å². The summed E-state index contributed by atoms with van der Waals surface area (Å²) in [7, 11) is 0. The Balaban J connectivity index is 1.91. The van der Waals surface area contributed by atoms with E-state index in [9.17, 15) is 4.79 Å². The lowest BCUT2D eigenvalue weighted by atomic mass is 10.2. The fraction of sp³-hybridized carbons (Fsp3) is 0.273. The first-order valence-corrected chi connectivity index (χ1v) is 9.72. The van der Waals surface area contributed by atoms with Crippen molar-refractivity contribution in [2.75, 3.05) is 18.5 Å². The van der Waals surface area contributed by atoms with Gasteiger partial charge in [0.1, 0.15) is 18.1 Å². The summed E-state index contributed by atoms with van der Waals surface area (Å²) in [4.78, 5) is 12.6. The Morgan fingerprint density at radius 2 is 1.86 bits per heavy atom. The molecular formula is C22H26N2O3S. The van der Waals surface area contributed by atoms with E-state index in [-0.39, 0.29) is 11.0 Å². The minimum Gasteiger partial charge on any atom is -0.493 e. The number of benzene rings is 2. The van der Waals surface area contributed by atoms with Crippen molar-refractivity contribution in [1.82, 2.24) is 5.32 Å². The molecule has 1 amide bonds. The van der Waals surface area contributed by atoms with Gasteiger partial charge in [-0.1, -0.05) is 44.6 Å². The monoisotopic (exact) mass is 398 g/mol. The van der Waals surface area contributed by atoms with Gasteiger partial charge < -0.3 is 14.8 Å². The third-order valence-corrected chi connectivity index (χ3v) is 4.05. The van der Waals surface area contributed by atoms with Crippen LogP contribution in [0.5, 0.6) is 11.5 Å². The lowest BCUT2D eigenvalue weighted by Gasteiger charge is -2.13. The summed E-state index contributed by atoms with van der Waals surface area (Å²) in [5, 5.41) is 5.89. The summed E-state index contributed by atoms with van der Waals surface area (Å²) < 4.78 is 11.2. The fourth-order valence-corrected chi connectivity index (χ4v) is 2.65. The van der Waals surface area contributed by atoms with Crippen molar-refractivity contribution in [3.63, 3.8) is 0 Å². The molecule has 0 aliphatic carbocycles. The molecule has 2 aromatic rings. The Bertz CT molecular complexity index is 791. The molecule has 0 unspecified atom stereocenters. The van der Waals surface area contributed by atoms with E-state index in [1.54, 1.807) is 24.3 Å². The lowest BCUT2D eigenvalue weighted by molar-refractivity contribution is 0.0973. The first-order valence-electron chi connectivity index (χ1n) is 9.32. The third kappa shape index (κ3) is 7.04. The van der Waals surface area contributed by atoms with Crippen LogP contribution in [0.3, 0.4) is 0 Å². The van der Waals surface area contributed by atoms with E-state index in [0.717, 1.165) is 30.7 Å². The van der Waals surface area contributed by atoms with Crippen LogP contribution in [0.15, 0.2) is 61.2 Å². The molecule has 0 bridgehead atoms. The normalized spacial score (nSPS) is 10.0. The number of nitrogens with one attached hydrogen (secondary N) is 2. The number of hydrogen-bond donors (Lipinski definition) is 2. The molecule has 0 saturated carbocycles. The predicted octanol–water partition coefficient (Wildman–Crippen LogP) is 4.95. The number of carbonyl (C=O) groups excluding carboxylic acids is 1. The molecule has 28 heavy (non-hydrogen) atoms. The van der Waals surface area contributed by atoms with Crippen LogP contribution in [0, 0.1) is 0 Å². The number of ether oxygens (including phenoxy) is 2. The second-order valence-corrected chi connectivity index (χ2v) is 6.49. The molecule has 5 nitrogen and oxygen atoms in total. The molecule has 0 atom stereocenters. The van der Waals surface area contributed by atoms with Gasteiger partial charge in [-0.3, -0.25) is 10.1 Å². The molecule has 2 aromatic carbocycles. The van der Waals surface area contributed by atoms with Gasteiger partial charge in [0.15, 0.2) is 5.11 Å². The molecule has 0 aliphatic heterocycles. The second-order valence-electron chi connectivity index (χ2n) is 6.08. The SMILES string of the molecule is C=CCOc1ccc(NC(=S)NC(=O)c2ccccc2OCCCCC)cc1. The molecule has 0 heterocycles. The van der Waals surface area contributed by atoms with Gasteiger partial charge in [0, 0.05) is 5.69 Å². The van der Waals surface area contributed by atoms with Crippen LogP contribution in [0.2, 0.25) is 0 Å². The van der Waals surface area contributed by atoms with Gasteiger partial charge in [0.2, 0.25) is 0 Å². The first-order chi connectivity index (χ1) is 13.6. The largest absolute Gasteiger partial charge is 0.493 e. The van der Waals surface area contributed by atoms with E-state index >= 15 is 0 Å². The summed E-state index contributed by atoms with van der Waals surface area (Å²) in [6.07, 6.45) is 4.85. The van der Waals surface area contributed by atoms with E-state index in [0.29, 0.717) is 24.5 Å². The Morgan fingerprint density at radius 1 is 1.11 bits per heavy atom. The molecule has 0 saturated heterocycles. The van der Waals surface area contributed by atoms with Gasteiger partial charge in [-0.05, 0) is 55.0 Å². The standard InChI is InChI=1S/C22H26N2O3S/c1-3-5-8-16-27-20-10-7-6-9-19(20)21(25)24-22(28)23-17-11-13-18(14-12-17)26-15-4-2/h4,6-7,9-14H,2-3,5,8,15-16H2,1H3,(H2,23,24,25,28). The van der Waals surface area contributed by atoms with Crippen molar-refractivity contribution in [2.45, 2.75) is 26.2 Å². The van der Waals surface area contributed by atoms with Crippen molar-refractivity contribution < 1.29 is 14.3 Å². The molecule has 0 radical (unpaired) electrons.